The van der Waals surface area contributed by atoms with E-state index in [1.54, 1.807) is 13.0 Å². The van der Waals surface area contributed by atoms with Gasteiger partial charge in [0.2, 0.25) is 5.91 Å². The molecule has 2 aromatic heterocycles. The molecule has 2 aromatic rings. The number of aryl methyl sites for hydroxylation is 1. The SMILES string of the molecule is CCOC(=O)CCCNC(=O)CCn1cnc2sccc2c1=O. The lowest BCUT2D eigenvalue weighted by Gasteiger charge is -2.07. The van der Waals surface area contributed by atoms with E-state index in [9.17, 15) is 14.4 Å². The Hall–Kier alpha value is -2.22. The first-order valence-electron chi connectivity index (χ1n) is 7.46. The van der Waals surface area contributed by atoms with Gasteiger partial charge in [-0.15, -0.1) is 11.3 Å². The van der Waals surface area contributed by atoms with Crippen molar-refractivity contribution in [2.24, 2.45) is 0 Å². The third-order valence-corrected chi connectivity index (χ3v) is 4.04. The number of carbonyl (C=O) groups is 2. The summed E-state index contributed by atoms with van der Waals surface area (Å²) in [6.07, 6.45) is 2.48. The first kappa shape index (κ1) is 17.1. The summed E-state index contributed by atoms with van der Waals surface area (Å²) < 4.78 is 6.24. The van der Waals surface area contributed by atoms with E-state index < -0.39 is 0 Å². The number of ether oxygens (including phenoxy) is 1. The molecule has 0 spiro atoms. The molecule has 23 heavy (non-hydrogen) atoms. The van der Waals surface area contributed by atoms with Crippen molar-refractivity contribution in [1.29, 1.82) is 0 Å². The molecular weight excluding hydrogens is 318 g/mol. The maximum absolute atomic E-state index is 12.1. The Morgan fingerprint density at radius 2 is 2.22 bits per heavy atom. The van der Waals surface area contributed by atoms with E-state index in [2.05, 4.69) is 10.3 Å². The maximum atomic E-state index is 12.1. The lowest BCUT2D eigenvalue weighted by atomic mass is 10.3. The fourth-order valence-corrected chi connectivity index (χ4v) is 2.78. The van der Waals surface area contributed by atoms with E-state index in [-0.39, 0.29) is 36.8 Å². The van der Waals surface area contributed by atoms with Crippen LogP contribution >= 0.6 is 11.3 Å². The average Bonchev–Trinajstić information content (AvgIpc) is 3.01. The topological polar surface area (TPSA) is 90.3 Å². The number of rotatable bonds is 8. The first-order valence-corrected chi connectivity index (χ1v) is 8.34. The Labute approximate surface area is 137 Å². The second-order valence-electron chi connectivity index (χ2n) is 4.89. The fraction of sp³-hybridized carbons (Fsp3) is 0.467. The average molecular weight is 337 g/mol. The zero-order valence-corrected chi connectivity index (χ0v) is 13.7. The van der Waals surface area contributed by atoms with Gasteiger partial charge in [0.05, 0.1) is 18.3 Å². The Morgan fingerprint density at radius 3 is 3.00 bits per heavy atom. The van der Waals surface area contributed by atoms with Crippen LogP contribution in [0.4, 0.5) is 0 Å². The van der Waals surface area contributed by atoms with Crippen LogP contribution in [0.2, 0.25) is 0 Å². The molecule has 1 amide bonds. The number of fused-ring (bicyclic) bond motifs is 1. The predicted octanol–water partition coefficient (Wildman–Crippen LogP) is 1.31. The van der Waals surface area contributed by atoms with Gasteiger partial charge in [-0.25, -0.2) is 4.98 Å². The summed E-state index contributed by atoms with van der Waals surface area (Å²) in [4.78, 5) is 39.9. The highest BCUT2D eigenvalue weighted by Crippen LogP contribution is 2.13. The molecule has 0 radical (unpaired) electrons. The molecule has 8 heteroatoms. The Balaban J connectivity index is 1.74. The van der Waals surface area contributed by atoms with Gasteiger partial charge in [-0.3, -0.25) is 19.0 Å². The fourth-order valence-electron chi connectivity index (χ4n) is 2.06. The first-order chi connectivity index (χ1) is 11.1. The van der Waals surface area contributed by atoms with Gasteiger partial charge in [0, 0.05) is 25.9 Å². The summed E-state index contributed by atoms with van der Waals surface area (Å²) >= 11 is 1.41. The second kappa shape index (κ2) is 8.42. The van der Waals surface area contributed by atoms with Gasteiger partial charge in [-0.1, -0.05) is 0 Å². The Morgan fingerprint density at radius 1 is 1.39 bits per heavy atom. The standard InChI is InChI=1S/C15H19N3O4S/c1-2-22-13(20)4-3-7-16-12(19)5-8-18-10-17-14-11(15(18)21)6-9-23-14/h6,9-10H,2-5,7-8H2,1H3,(H,16,19). The zero-order chi connectivity index (χ0) is 16.7. The van der Waals surface area contributed by atoms with Crippen molar-refractivity contribution < 1.29 is 14.3 Å². The molecule has 2 heterocycles. The largest absolute Gasteiger partial charge is 0.466 e. The van der Waals surface area contributed by atoms with Crippen LogP contribution in [0.5, 0.6) is 0 Å². The number of nitrogens with one attached hydrogen (secondary N) is 1. The van der Waals surface area contributed by atoms with Crippen molar-refractivity contribution in [3.63, 3.8) is 0 Å². The summed E-state index contributed by atoms with van der Waals surface area (Å²) in [7, 11) is 0. The Bertz CT molecular complexity index is 738. The van der Waals surface area contributed by atoms with Gasteiger partial charge in [0.1, 0.15) is 4.83 Å². The third kappa shape index (κ3) is 4.88. The van der Waals surface area contributed by atoms with E-state index in [0.29, 0.717) is 29.8 Å². The maximum Gasteiger partial charge on any atom is 0.305 e. The van der Waals surface area contributed by atoms with Crippen LogP contribution in [0.25, 0.3) is 10.2 Å². The van der Waals surface area contributed by atoms with E-state index in [0.717, 1.165) is 0 Å². The van der Waals surface area contributed by atoms with Crippen molar-refractivity contribution in [2.45, 2.75) is 32.7 Å². The lowest BCUT2D eigenvalue weighted by Crippen LogP contribution is -2.28. The van der Waals surface area contributed by atoms with E-state index >= 15 is 0 Å². The zero-order valence-electron chi connectivity index (χ0n) is 12.9. The van der Waals surface area contributed by atoms with Gasteiger partial charge in [-0.2, -0.15) is 0 Å². The van der Waals surface area contributed by atoms with E-state index in [1.807, 2.05) is 5.38 Å². The molecule has 0 saturated heterocycles. The summed E-state index contributed by atoms with van der Waals surface area (Å²) in [6.45, 7) is 2.81. The highest BCUT2D eigenvalue weighted by atomic mass is 32.1. The van der Waals surface area contributed by atoms with E-state index in [4.69, 9.17) is 4.74 Å². The molecule has 0 atom stereocenters. The van der Waals surface area contributed by atoms with Crippen LogP contribution in [-0.4, -0.2) is 34.6 Å². The van der Waals surface area contributed by atoms with Gasteiger partial charge in [0.25, 0.3) is 5.56 Å². The van der Waals surface area contributed by atoms with Crippen molar-refractivity contribution in [3.05, 3.63) is 28.1 Å². The number of hydrogen-bond acceptors (Lipinski definition) is 6. The highest BCUT2D eigenvalue weighted by molar-refractivity contribution is 7.16. The number of esters is 1. The predicted molar refractivity (Wildman–Crippen MR) is 87.4 cm³/mol. The van der Waals surface area contributed by atoms with Crippen LogP contribution in [0.15, 0.2) is 22.6 Å². The molecule has 124 valence electrons. The number of amides is 1. The molecule has 0 unspecified atom stereocenters. The number of nitrogens with zero attached hydrogens (tertiary/aromatic N) is 2. The van der Waals surface area contributed by atoms with Crippen molar-refractivity contribution in [3.8, 4) is 0 Å². The molecule has 0 bridgehead atoms. The van der Waals surface area contributed by atoms with Crippen LogP contribution in [0, 0.1) is 0 Å². The summed E-state index contributed by atoms with van der Waals surface area (Å²) in [5, 5.41) is 5.12. The molecule has 0 aromatic carbocycles. The van der Waals surface area contributed by atoms with Crippen LogP contribution in [0.3, 0.4) is 0 Å². The minimum Gasteiger partial charge on any atom is -0.466 e. The minimum absolute atomic E-state index is 0.133. The number of carbonyl (C=O) groups excluding carboxylic acids is 2. The van der Waals surface area contributed by atoms with Crippen molar-refractivity contribution in [1.82, 2.24) is 14.9 Å². The number of hydrogen-bond donors (Lipinski definition) is 1. The normalized spacial score (nSPS) is 10.7. The van der Waals surface area contributed by atoms with Crippen molar-refractivity contribution in [2.75, 3.05) is 13.2 Å². The molecule has 7 nitrogen and oxygen atoms in total. The molecule has 0 aliphatic carbocycles. The number of aromatic nitrogens is 2. The quantitative estimate of drug-likeness (QED) is 0.579. The van der Waals surface area contributed by atoms with Gasteiger partial charge in [0.15, 0.2) is 0 Å². The second-order valence-corrected chi connectivity index (χ2v) is 5.79. The minimum atomic E-state index is -0.261. The van der Waals surface area contributed by atoms with Gasteiger partial charge < -0.3 is 10.1 Å². The monoisotopic (exact) mass is 337 g/mol. The molecule has 1 N–H and O–H groups in total. The Kier molecular flexibility index (Phi) is 6.28. The van der Waals surface area contributed by atoms with Crippen LogP contribution in [-0.2, 0) is 20.9 Å². The highest BCUT2D eigenvalue weighted by Gasteiger charge is 2.07. The summed E-state index contributed by atoms with van der Waals surface area (Å²) in [6, 6.07) is 1.74. The third-order valence-electron chi connectivity index (χ3n) is 3.22. The molecule has 0 fully saturated rings. The number of thiophene rings is 1. The van der Waals surface area contributed by atoms with Crippen LogP contribution in [0.1, 0.15) is 26.2 Å². The van der Waals surface area contributed by atoms with Gasteiger partial charge >= 0.3 is 5.97 Å². The molecule has 0 aliphatic heterocycles. The summed E-state index contributed by atoms with van der Waals surface area (Å²) in [5.41, 5.74) is -0.133. The van der Waals surface area contributed by atoms with Gasteiger partial charge in [-0.05, 0) is 24.8 Å². The molecular formula is C15H19N3O4S. The molecule has 0 aliphatic rings. The van der Waals surface area contributed by atoms with Crippen LogP contribution < -0.4 is 10.9 Å². The molecule has 2 rings (SSSR count). The summed E-state index contributed by atoms with van der Waals surface area (Å²) in [5.74, 6) is -0.422. The molecule has 0 saturated carbocycles. The van der Waals surface area contributed by atoms with E-state index in [1.165, 1.54) is 22.2 Å². The van der Waals surface area contributed by atoms with Crippen molar-refractivity contribution >= 4 is 33.4 Å². The lowest BCUT2D eigenvalue weighted by molar-refractivity contribution is -0.143. The smallest absolute Gasteiger partial charge is 0.305 e.